The van der Waals surface area contributed by atoms with Crippen molar-refractivity contribution in [1.29, 1.82) is 0 Å². The lowest BCUT2D eigenvalue weighted by atomic mass is 9.94. The fraction of sp³-hybridized carbons (Fsp3) is 0.917. The van der Waals surface area contributed by atoms with E-state index in [0.29, 0.717) is 19.0 Å². The molecule has 1 saturated heterocycles. The number of alkyl halides is 3. The van der Waals surface area contributed by atoms with Gasteiger partial charge in [-0.15, -0.1) is 0 Å². The molecule has 2 fully saturated rings. The zero-order valence-corrected chi connectivity index (χ0v) is 10.6. The van der Waals surface area contributed by atoms with E-state index >= 15 is 0 Å². The number of halogens is 3. The minimum atomic E-state index is -4.25. The molecule has 1 aliphatic heterocycles. The summed E-state index contributed by atoms with van der Waals surface area (Å²) in [6.07, 6.45) is -1.69. The number of hydrogen-bond acceptors (Lipinski definition) is 3. The molecule has 0 bridgehead atoms. The van der Waals surface area contributed by atoms with Crippen LogP contribution in [0.3, 0.4) is 0 Å². The summed E-state index contributed by atoms with van der Waals surface area (Å²) in [6, 6.07) is -0.393. The van der Waals surface area contributed by atoms with Gasteiger partial charge in [0.15, 0.2) is 0 Å². The standard InChI is InChI=1S/C12H19F3N2O2/c13-12(14,15)7-16-10-3-9(11(18)19)5-17(6-10)4-8-1-2-8/h8-10,16H,1-7H2,(H,18,19). The zero-order chi connectivity index (χ0) is 14.0. The fourth-order valence-electron chi connectivity index (χ4n) is 2.59. The van der Waals surface area contributed by atoms with Gasteiger partial charge >= 0.3 is 12.1 Å². The Kier molecular flexibility index (Phi) is 4.35. The third-order valence-corrected chi connectivity index (χ3v) is 3.68. The van der Waals surface area contributed by atoms with Crippen molar-refractivity contribution in [2.45, 2.75) is 31.5 Å². The van der Waals surface area contributed by atoms with E-state index in [0.717, 1.165) is 19.4 Å². The lowest BCUT2D eigenvalue weighted by Crippen LogP contribution is -2.52. The number of piperidine rings is 1. The second-order valence-electron chi connectivity index (χ2n) is 5.63. The molecule has 19 heavy (non-hydrogen) atoms. The van der Waals surface area contributed by atoms with Crippen molar-refractivity contribution in [3.05, 3.63) is 0 Å². The van der Waals surface area contributed by atoms with E-state index in [1.807, 2.05) is 4.90 Å². The van der Waals surface area contributed by atoms with Gasteiger partial charge in [0.1, 0.15) is 0 Å². The van der Waals surface area contributed by atoms with Crippen LogP contribution in [-0.4, -0.2) is 54.4 Å². The quantitative estimate of drug-likeness (QED) is 0.797. The van der Waals surface area contributed by atoms with Gasteiger partial charge in [0, 0.05) is 25.7 Å². The molecule has 2 N–H and O–H groups in total. The number of carbonyl (C=O) groups is 1. The van der Waals surface area contributed by atoms with Gasteiger partial charge in [0.05, 0.1) is 12.5 Å². The normalized spacial score (nSPS) is 29.4. The van der Waals surface area contributed by atoms with Crippen molar-refractivity contribution in [2.75, 3.05) is 26.2 Å². The first-order valence-corrected chi connectivity index (χ1v) is 6.59. The van der Waals surface area contributed by atoms with Gasteiger partial charge < -0.3 is 15.3 Å². The molecule has 0 aromatic carbocycles. The highest BCUT2D eigenvalue weighted by Crippen LogP contribution is 2.31. The van der Waals surface area contributed by atoms with Gasteiger partial charge in [-0.3, -0.25) is 4.79 Å². The number of nitrogens with one attached hydrogen (secondary N) is 1. The molecule has 1 saturated carbocycles. The van der Waals surface area contributed by atoms with E-state index in [4.69, 9.17) is 5.11 Å². The minimum absolute atomic E-state index is 0.270. The first-order valence-electron chi connectivity index (χ1n) is 6.59. The highest BCUT2D eigenvalue weighted by atomic mass is 19.4. The van der Waals surface area contributed by atoms with Crippen molar-refractivity contribution in [3.63, 3.8) is 0 Å². The number of nitrogens with zero attached hydrogens (tertiary/aromatic N) is 1. The number of aliphatic carboxylic acids is 1. The summed E-state index contributed by atoms with van der Waals surface area (Å²) in [5, 5.41) is 11.5. The van der Waals surface area contributed by atoms with Crippen molar-refractivity contribution in [3.8, 4) is 0 Å². The molecule has 0 aromatic rings. The van der Waals surface area contributed by atoms with Crippen LogP contribution in [0, 0.1) is 11.8 Å². The highest BCUT2D eigenvalue weighted by molar-refractivity contribution is 5.70. The summed E-state index contributed by atoms with van der Waals surface area (Å²) in [4.78, 5) is 13.1. The molecule has 0 radical (unpaired) electrons. The largest absolute Gasteiger partial charge is 0.481 e. The molecular weight excluding hydrogens is 261 g/mol. The van der Waals surface area contributed by atoms with E-state index in [-0.39, 0.29) is 6.42 Å². The Labute approximate surface area is 110 Å². The number of rotatable bonds is 5. The van der Waals surface area contributed by atoms with Crippen LogP contribution in [0.5, 0.6) is 0 Å². The van der Waals surface area contributed by atoms with Crippen LogP contribution < -0.4 is 5.32 Å². The average molecular weight is 280 g/mol. The van der Waals surface area contributed by atoms with Crippen LogP contribution >= 0.6 is 0 Å². The lowest BCUT2D eigenvalue weighted by Gasteiger charge is -2.36. The van der Waals surface area contributed by atoms with Crippen molar-refractivity contribution < 1.29 is 23.1 Å². The van der Waals surface area contributed by atoms with Gasteiger partial charge in [0.2, 0.25) is 0 Å². The summed E-state index contributed by atoms with van der Waals surface area (Å²) in [5.41, 5.74) is 0. The summed E-state index contributed by atoms with van der Waals surface area (Å²) in [7, 11) is 0. The molecule has 1 aliphatic carbocycles. The Morgan fingerprint density at radius 2 is 2.00 bits per heavy atom. The molecule has 0 spiro atoms. The number of carboxylic acid groups (broad SMARTS) is 1. The fourth-order valence-corrected chi connectivity index (χ4v) is 2.59. The Hall–Kier alpha value is -0.820. The van der Waals surface area contributed by atoms with E-state index in [1.54, 1.807) is 0 Å². The van der Waals surface area contributed by atoms with Gasteiger partial charge in [-0.2, -0.15) is 13.2 Å². The van der Waals surface area contributed by atoms with Crippen LogP contribution in [-0.2, 0) is 4.79 Å². The molecule has 2 rings (SSSR count). The van der Waals surface area contributed by atoms with E-state index < -0.39 is 30.7 Å². The minimum Gasteiger partial charge on any atom is -0.481 e. The van der Waals surface area contributed by atoms with E-state index in [9.17, 15) is 18.0 Å². The molecule has 1 heterocycles. The van der Waals surface area contributed by atoms with Gasteiger partial charge in [0.25, 0.3) is 0 Å². The molecule has 2 atom stereocenters. The molecule has 7 heteroatoms. The summed E-state index contributed by atoms with van der Waals surface area (Å²) < 4.78 is 36.6. The molecule has 2 unspecified atom stereocenters. The van der Waals surface area contributed by atoms with Gasteiger partial charge in [-0.25, -0.2) is 0 Å². The molecule has 0 amide bonds. The number of hydrogen-bond donors (Lipinski definition) is 2. The van der Waals surface area contributed by atoms with Crippen LogP contribution in [0.1, 0.15) is 19.3 Å². The number of likely N-dealkylation sites (tertiary alicyclic amines) is 1. The van der Waals surface area contributed by atoms with E-state index in [1.165, 1.54) is 0 Å². The average Bonchev–Trinajstić information content (AvgIpc) is 3.09. The maximum Gasteiger partial charge on any atom is 0.401 e. The van der Waals surface area contributed by atoms with Crippen LogP contribution in [0.25, 0.3) is 0 Å². The third kappa shape index (κ3) is 4.99. The van der Waals surface area contributed by atoms with Crippen LogP contribution in [0.15, 0.2) is 0 Å². The molecule has 2 aliphatic rings. The number of carboxylic acids is 1. The Bertz CT molecular complexity index is 331. The summed E-state index contributed by atoms with van der Waals surface area (Å²) >= 11 is 0. The lowest BCUT2D eigenvalue weighted by molar-refractivity contribution is -0.144. The van der Waals surface area contributed by atoms with Crippen molar-refractivity contribution in [2.24, 2.45) is 11.8 Å². The molecule has 110 valence electrons. The predicted octanol–water partition coefficient (Wildman–Crippen LogP) is 1.32. The Balaban J connectivity index is 1.87. The summed E-state index contributed by atoms with van der Waals surface area (Å²) in [6.45, 7) is 0.724. The SMILES string of the molecule is O=C(O)C1CC(NCC(F)(F)F)CN(CC2CC2)C1. The summed E-state index contributed by atoms with van der Waals surface area (Å²) in [5.74, 6) is -0.881. The van der Waals surface area contributed by atoms with Crippen LogP contribution in [0.4, 0.5) is 13.2 Å². The van der Waals surface area contributed by atoms with Gasteiger partial charge in [-0.1, -0.05) is 0 Å². The topological polar surface area (TPSA) is 52.6 Å². The second-order valence-corrected chi connectivity index (χ2v) is 5.63. The van der Waals surface area contributed by atoms with Crippen molar-refractivity contribution in [1.82, 2.24) is 10.2 Å². The maximum atomic E-state index is 12.2. The maximum absolute atomic E-state index is 12.2. The zero-order valence-electron chi connectivity index (χ0n) is 10.6. The second kappa shape index (κ2) is 5.66. The van der Waals surface area contributed by atoms with E-state index in [2.05, 4.69) is 5.32 Å². The monoisotopic (exact) mass is 280 g/mol. The van der Waals surface area contributed by atoms with Gasteiger partial charge in [-0.05, 0) is 25.2 Å². The predicted molar refractivity (Wildman–Crippen MR) is 62.8 cm³/mol. The smallest absolute Gasteiger partial charge is 0.401 e. The third-order valence-electron chi connectivity index (χ3n) is 3.68. The highest BCUT2D eigenvalue weighted by Gasteiger charge is 2.36. The molecule has 4 nitrogen and oxygen atoms in total. The Morgan fingerprint density at radius 3 is 2.53 bits per heavy atom. The Morgan fingerprint density at radius 1 is 1.32 bits per heavy atom. The molecule has 0 aromatic heterocycles. The first kappa shape index (κ1) is 14.6. The molecular formula is C12H19F3N2O2. The first-order chi connectivity index (χ1) is 8.83. The van der Waals surface area contributed by atoms with Crippen LogP contribution in [0.2, 0.25) is 0 Å². The van der Waals surface area contributed by atoms with Crippen molar-refractivity contribution >= 4 is 5.97 Å².